The van der Waals surface area contributed by atoms with E-state index in [1.54, 1.807) is 4.90 Å². The Hall–Kier alpha value is -3.32. The van der Waals surface area contributed by atoms with Gasteiger partial charge in [0.15, 0.2) is 11.5 Å². The summed E-state index contributed by atoms with van der Waals surface area (Å²) in [5.74, 6) is 0.0372. The van der Waals surface area contributed by atoms with Crippen LogP contribution in [0.5, 0.6) is 11.5 Å². The maximum atomic E-state index is 13.5. The van der Waals surface area contributed by atoms with Crippen LogP contribution >= 0.6 is 0 Å². The zero-order valence-electron chi connectivity index (χ0n) is 18.4. The van der Waals surface area contributed by atoms with Crippen molar-refractivity contribution in [1.29, 1.82) is 0 Å². The van der Waals surface area contributed by atoms with Gasteiger partial charge in [0.1, 0.15) is 5.60 Å². The van der Waals surface area contributed by atoms with Gasteiger partial charge in [-0.3, -0.25) is 9.59 Å². The Kier molecular flexibility index (Phi) is 4.69. The lowest BCUT2D eigenvalue weighted by Gasteiger charge is -2.25. The quantitative estimate of drug-likeness (QED) is 0.691. The van der Waals surface area contributed by atoms with Crippen LogP contribution in [0.3, 0.4) is 0 Å². The van der Waals surface area contributed by atoms with Gasteiger partial charge in [-0.25, -0.2) is 0 Å². The molecule has 1 spiro atoms. The lowest BCUT2D eigenvalue weighted by Crippen LogP contribution is -2.46. The molecule has 2 amide bonds. The molecule has 2 aromatic carbocycles. The van der Waals surface area contributed by atoms with Gasteiger partial charge in [-0.05, 0) is 37.5 Å². The van der Waals surface area contributed by atoms with E-state index in [9.17, 15) is 9.59 Å². The normalized spacial score (nSPS) is 29.4. The molecule has 0 aromatic heterocycles. The summed E-state index contributed by atoms with van der Waals surface area (Å²) >= 11 is 0. The summed E-state index contributed by atoms with van der Waals surface area (Å²) < 4.78 is 17.1. The number of carbonyl (C=O) groups excluding carboxylic acids is 2. The summed E-state index contributed by atoms with van der Waals surface area (Å²) in [5, 5.41) is 3.14. The van der Waals surface area contributed by atoms with E-state index in [0.717, 1.165) is 18.5 Å². The number of hydrogen-bond donors (Lipinski definition) is 1. The topological polar surface area (TPSA) is 77.1 Å². The van der Waals surface area contributed by atoms with Crippen molar-refractivity contribution < 1.29 is 23.8 Å². The molecule has 2 fully saturated rings. The van der Waals surface area contributed by atoms with E-state index in [2.05, 4.69) is 17.4 Å². The van der Waals surface area contributed by atoms with E-state index < -0.39 is 17.4 Å². The molecule has 4 aliphatic heterocycles. The fraction of sp³-hybridized carbons (Fsp3) is 0.385. The molecule has 0 saturated carbocycles. The van der Waals surface area contributed by atoms with E-state index in [0.29, 0.717) is 18.0 Å². The third-order valence-electron chi connectivity index (χ3n) is 7.17. The van der Waals surface area contributed by atoms with Gasteiger partial charge >= 0.3 is 0 Å². The first-order valence-corrected chi connectivity index (χ1v) is 11.5. The Labute approximate surface area is 192 Å². The fourth-order valence-corrected chi connectivity index (χ4v) is 5.51. The number of carbonyl (C=O) groups is 2. The maximum Gasteiger partial charge on any atom is 0.234 e. The Balaban J connectivity index is 1.17. The van der Waals surface area contributed by atoms with Gasteiger partial charge in [0, 0.05) is 17.8 Å². The van der Waals surface area contributed by atoms with Gasteiger partial charge in [0.25, 0.3) is 0 Å². The largest absolute Gasteiger partial charge is 0.454 e. The molecular weight excluding hydrogens is 420 g/mol. The van der Waals surface area contributed by atoms with Crippen molar-refractivity contribution in [3.8, 4) is 11.5 Å². The summed E-state index contributed by atoms with van der Waals surface area (Å²) in [6.45, 7) is 2.57. The van der Waals surface area contributed by atoms with Gasteiger partial charge in [-0.2, -0.15) is 0 Å². The van der Waals surface area contributed by atoms with E-state index in [1.165, 1.54) is 5.56 Å². The van der Waals surface area contributed by atoms with Crippen LogP contribution in [0.4, 0.5) is 5.69 Å². The number of anilines is 1. The molecule has 1 N–H and O–H groups in total. The van der Waals surface area contributed by atoms with Crippen LogP contribution in [-0.2, 0) is 20.7 Å². The van der Waals surface area contributed by atoms with Crippen LogP contribution < -0.4 is 19.7 Å². The number of hydrogen-bond acceptors (Lipinski definition) is 5. The number of fused-ring (bicyclic) bond motifs is 2. The van der Waals surface area contributed by atoms with Crippen LogP contribution in [0.25, 0.3) is 0 Å². The summed E-state index contributed by atoms with van der Waals surface area (Å²) in [7, 11) is 0. The molecular formula is C26H26N2O5. The molecule has 4 heterocycles. The van der Waals surface area contributed by atoms with Crippen LogP contribution in [0.15, 0.2) is 60.7 Å². The summed E-state index contributed by atoms with van der Waals surface area (Å²) in [5.41, 5.74) is 1.21. The second kappa shape index (κ2) is 7.63. The van der Waals surface area contributed by atoms with Crippen molar-refractivity contribution in [2.75, 3.05) is 18.2 Å². The molecule has 0 aliphatic carbocycles. The molecule has 0 unspecified atom stereocenters. The van der Waals surface area contributed by atoms with E-state index in [4.69, 9.17) is 14.2 Å². The lowest BCUT2D eigenvalue weighted by molar-refractivity contribution is -0.132. The first kappa shape index (κ1) is 20.3. The summed E-state index contributed by atoms with van der Waals surface area (Å²) in [4.78, 5) is 28.6. The molecule has 4 aliphatic rings. The van der Waals surface area contributed by atoms with Crippen molar-refractivity contribution in [3.63, 3.8) is 0 Å². The number of benzene rings is 2. The smallest absolute Gasteiger partial charge is 0.234 e. The third-order valence-corrected chi connectivity index (χ3v) is 7.17. The Morgan fingerprint density at radius 3 is 2.85 bits per heavy atom. The standard InChI is InChI=1S/C26H26N2O5/c1-16(7-8-17-5-3-2-4-6-17)27-24(29)22-20-11-12-26(33-20)14-28(25(30)23(22)26)18-9-10-19-21(13-18)32-15-31-19/h2-6,9-13,16,20,22-23H,7-8,14-15H2,1H3,(H,27,29)/t16-,20+,22-,23-,26+/m0/s1. The molecule has 7 nitrogen and oxygen atoms in total. The van der Waals surface area contributed by atoms with E-state index >= 15 is 0 Å². The van der Waals surface area contributed by atoms with Crippen molar-refractivity contribution >= 4 is 17.5 Å². The first-order chi connectivity index (χ1) is 16.0. The van der Waals surface area contributed by atoms with Crippen molar-refractivity contribution in [3.05, 3.63) is 66.2 Å². The molecule has 2 aromatic rings. The van der Waals surface area contributed by atoms with Crippen LogP contribution in [0.1, 0.15) is 18.9 Å². The average Bonchev–Trinajstić information content (AvgIpc) is 3.58. The third kappa shape index (κ3) is 3.30. The van der Waals surface area contributed by atoms with Crippen molar-refractivity contribution in [2.24, 2.45) is 11.8 Å². The van der Waals surface area contributed by atoms with Crippen LogP contribution in [0.2, 0.25) is 0 Å². The minimum atomic E-state index is -0.757. The SMILES string of the molecule is C[C@@H](CCc1ccccc1)NC(=O)[C@@H]1[C@H]2C(=O)N(c3ccc4c(c3)OCO4)C[C@]23C=C[C@H]1O3. The van der Waals surface area contributed by atoms with Gasteiger partial charge in [0.2, 0.25) is 18.6 Å². The highest BCUT2D eigenvalue weighted by atomic mass is 16.7. The highest BCUT2D eigenvalue weighted by Crippen LogP contribution is 2.53. The molecule has 2 saturated heterocycles. The number of aryl methyl sites for hydroxylation is 1. The Morgan fingerprint density at radius 1 is 1.18 bits per heavy atom. The zero-order valence-corrected chi connectivity index (χ0v) is 18.4. The van der Waals surface area contributed by atoms with Gasteiger partial charge in [-0.15, -0.1) is 0 Å². The molecule has 0 radical (unpaired) electrons. The Bertz CT molecular complexity index is 1130. The molecule has 5 atom stereocenters. The summed E-state index contributed by atoms with van der Waals surface area (Å²) in [6, 6.07) is 15.7. The number of ether oxygens (including phenoxy) is 3. The van der Waals surface area contributed by atoms with Crippen molar-refractivity contribution in [2.45, 2.75) is 37.5 Å². The molecule has 7 heteroatoms. The zero-order chi connectivity index (χ0) is 22.6. The van der Waals surface area contributed by atoms with Crippen LogP contribution in [-0.4, -0.2) is 42.9 Å². The number of nitrogens with zero attached hydrogens (tertiary/aromatic N) is 1. The van der Waals surface area contributed by atoms with Crippen LogP contribution in [0, 0.1) is 11.8 Å². The van der Waals surface area contributed by atoms with Gasteiger partial charge < -0.3 is 24.4 Å². The number of nitrogens with one attached hydrogen (secondary N) is 1. The summed E-state index contributed by atoms with van der Waals surface area (Å²) in [6.07, 6.45) is 5.26. The first-order valence-electron chi connectivity index (χ1n) is 11.5. The van der Waals surface area contributed by atoms with Gasteiger partial charge in [0.05, 0.1) is 24.5 Å². The fourth-order valence-electron chi connectivity index (χ4n) is 5.51. The number of rotatable bonds is 6. The van der Waals surface area contributed by atoms with Crippen molar-refractivity contribution in [1.82, 2.24) is 5.32 Å². The number of amides is 2. The highest BCUT2D eigenvalue weighted by Gasteiger charge is 2.67. The second-order valence-corrected chi connectivity index (χ2v) is 9.30. The predicted octanol–water partition coefficient (Wildman–Crippen LogP) is 2.84. The minimum Gasteiger partial charge on any atom is -0.454 e. The average molecular weight is 447 g/mol. The van der Waals surface area contributed by atoms with E-state index in [-0.39, 0.29) is 30.8 Å². The minimum absolute atomic E-state index is 0.00164. The highest BCUT2D eigenvalue weighted by molar-refractivity contribution is 6.03. The van der Waals surface area contributed by atoms with Gasteiger partial charge in [-0.1, -0.05) is 42.5 Å². The lowest BCUT2D eigenvalue weighted by atomic mass is 9.76. The Morgan fingerprint density at radius 2 is 2.00 bits per heavy atom. The second-order valence-electron chi connectivity index (χ2n) is 9.30. The van der Waals surface area contributed by atoms with E-state index in [1.807, 2.05) is 55.5 Å². The molecule has 6 rings (SSSR count). The predicted molar refractivity (Wildman–Crippen MR) is 121 cm³/mol. The molecule has 2 bridgehead atoms. The molecule has 33 heavy (non-hydrogen) atoms. The molecule has 170 valence electrons. The monoisotopic (exact) mass is 446 g/mol. The maximum absolute atomic E-state index is 13.5.